The van der Waals surface area contributed by atoms with Gasteiger partial charge in [0.15, 0.2) is 5.92 Å². The Morgan fingerprint density at radius 1 is 1.19 bits per heavy atom. The van der Waals surface area contributed by atoms with Crippen molar-refractivity contribution >= 4 is 11.9 Å². The van der Waals surface area contributed by atoms with Gasteiger partial charge in [0.1, 0.15) is 0 Å². The summed E-state index contributed by atoms with van der Waals surface area (Å²) in [5, 5.41) is 0. The van der Waals surface area contributed by atoms with E-state index in [1.807, 2.05) is 6.07 Å². The number of carbonyl (C=O) groups excluding carboxylic acids is 2. The highest BCUT2D eigenvalue weighted by atomic mass is 16.5. The standard InChI is InChI=1S/C17H21NO3/c1-4-12-18(13-5-2)16(19)15(17(20)21-6-3)14-10-8-7-9-11-14/h4-5,7-11,15H,1-2,6,12-13H2,3H3. The molecule has 0 bridgehead atoms. The molecule has 112 valence electrons. The maximum Gasteiger partial charge on any atom is 0.323 e. The van der Waals surface area contributed by atoms with E-state index in [0.717, 1.165) is 0 Å². The Labute approximate surface area is 125 Å². The van der Waals surface area contributed by atoms with Gasteiger partial charge in [-0.25, -0.2) is 0 Å². The molecule has 0 heterocycles. The molecule has 0 aliphatic carbocycles. The third-order valence-electron chi connectivity index (χ3n) is 2.91. The predicted octanol–water partition coefficient (Wildman–Crippen LogP) is 2.53. The van der Waals surface area contributed by atoms with Crippen molar-refractivity contribution in [2.75, 3.05) is 19.7 Å². The fourth-order valence-electron chi connectivity index (χ4n) is 2.00. The lowest BCUT2D eigenvalue weighted by atomic mass is 9.97. The van der Waals surface area contributed by atoms with Gasteiger partial charge in [-0.05, 0) is 12.5 Å². The van der Waals surface area contributed by atoms with E-state index in [0.29, 0.717) is 18.7 Å². The van der Waals surface area contributed by atoms with E-state index in [-0.39, 0.29) is 12.5 Å². The first kappa shape index (κ1) is 16.7. The zero-order chi connectivity index (χ0) is 15.7. The number of rotatable bonds is 8. The number of carbonyl (C=O) groups is 2. The number of esters is 1. The second-order valence-electron chi connectivity index (χ2n) is 4.42. The number of hydrogen-bond acceptors (Lipinski definition) is 3. The van der Waals surface area contributed by atoms with Gasteiger partial charge in [0.2, 0.25) is 5.91 Å². The van der Waals surface area contributed by atoms with Crippen molar-refractivity contribution in [2.24, 2.45) is 0 Å². The minimum Gasteiger partial charge on any atom is -0.465 e. The summed E-state index contributed by atoms with van der Waals surface area (Å²) in [6.45, 7) is 9.93. The fraction of sp³-hybridized carbons (Fsp3) is 0.294. The highest BCUT2D eigenvalue weighted by Gasteiger charge is 2.32. The molecule has 0 spiro atoms. The molecule has 0 saturated heterocycles. The van der Waals surface area contributed by atoms with Crippen molar-refractivity contribution < 1.29 is 14.3 Å². The maximum atomic E-state index is 12.7. The van der Waals surface area contributed by atoms with Gasteiger partial charge in [-0.1, -0.05) is 42.5 Å². The molecule has 1 aromatic rings. The molecule has 4 heteroatoms. The van der Waals surface area contributed by atoms with Crippen LogP contribution in [0.2, 0.25) is 0 Å². The third-order valence-corrected chi connectivity index (χ3v) is 2.91. The third kappa shape index (κ3) is 4.60. The van der Waals surface area contributed by atoms with Crippen molar-refractivity contribution in [2.45, 2.75) is 12.8 Å². The summed E-state index contributed by atoms with van der Waals surface area (Å²) >= 11 is 0. The van der Waals surface area contributed by atoms with Crippen LogP contribution in [-0.4, -0.2) is 36.5 Å². The molecule has 0 fully saturated rings. The van der Waals surface area contributed by atoms with Crippen LogP contribution in [0.25, 0.3) is 0 Å². The monoisotopic (exact) mass is 287 g/mol. The van der Waals surface area contributed by atoms with E-state index in [4.69, 9.17) is 4.74 Å². The van der Waals surface area contributed by atoms with Crippen molar-refractivity contribution in [3.05, 3.63) is 61.2 Å². The van der Waals surface area contributed by atoms with E-state index < -0.39 is 11.9 Å². The maximum absolute atomic E-state index is 12.7. The Bertz CT molecular complexity index is 486. The normalized spacial score (nSPS) is 11.3. The van der Waals surface area contributed by atoms with Crippen molar-refractivity contribution in [3.63, 3.8) is 0 Å². The topological polar surface area (TPSA) is 46.6 Å². The molecule has 1 amide bonds. The van der Waals surface area contributed by atoms with Gasteiger partial charge < -0.3 is 9.64 Å². The summed E-state index contributed by atoms with van der Waals surface area (Å²) in [6.07, 6.45) is 3.24. The second kappa shape index (κ2) is 8.74. The van der Waals surface area contributed by atoms with E-state index in [9.17, 15) is 9.59 Å². The number of amides is 1. The SMILES string of the molecule is C=CCN(CC=C)C(=O)C(C(=O)OCC)c1ccccc1. The molecule has 1 aromatic carbocycles. The molecule has 0 aliphatic rings. The van der Waals surface area contributed by atoms with E-state index in [1.54, 1.807) is 43.3 Å². The quantitative estimate of drug-likeness (QED) is 0.419. The van der Waals surface area contributed by atoms with Gasteiger partial charge in [-0.3, -0.25) is 9.59 Å². The summed E-state index contributed by atoms with van der Waals surface area (Å²) in [6, 6.07) is 8.92. The van der Waals surface area contributed by atoms with Crippen LogP contribution < -0.4 is 0 Å². The largest absolute Gasteiger partial charge is 0.465 e. The molecule has 4 nitrogen and oxygen atoms in total. The number of benzene rings is 1. The lowest BCUT2D eigenvalue weighted by Crippen LogP contribution is -2.39. The number of ether oxygens (including phenoxy) is 1. The Balaban J connectivity index is 3.10. The van der Waals surface area contributed by atoms with Crippen LogP contribution in [0, 0.1) is 0 Å². The molecule has 21 heavy (non-hydrogen) atoms. The van der Waals surface area contributed by atoms with Crippen LogP contribution in [0.4, 0.5) is 0 Å². The van der Waals surface area contributed by atoms with Crippen molar-refractivity contribution in [1.29, 1.82) is 0 Å². The van der Waals surface area contributed by atoms with E-state index in [1.165, 1.54) is 4.90 Å². The molecular weight excluding hydrogens is 266 g/mol. The fourth-order valence-corrected chi connectivity index (χ4v) is 2.00. The molecular formula is C17H21NO3. The van der Waals surface area contributed by atoms with Crippen LogP contribution in [0.3, 0.4) is 0 Å². The summed E-state index contributed by atoms with van der Waals surface area (Å²) in [4.78, 5) is 26.4. The van der Waals surface area contributed by atoms with Gasteiger partial charge in [-0.15, -0.1) is 13.2 Å². The summed E-state index contributed by atoms with van der Waals surface area (Å²) in [5.74, 6) is -1.79. The molecule has 0 aromatic heterocycles. The summed E-state index contributed by atoms with van der Waals surface area (Å²) in [7, 11) is 0. The van der Waals surface area contributed by atoms with Gasteiger partial charge in [-0.2, -0.15) is 0 Å². The first-order valence-corrected chi connectivity index (χ1v) is 6.87. The van der Waals surface area contributed by atoms with Crippen molar-refractivity contribution in [1.82, 2.24) is 4.90 Å². The molecule has 0 N–H and O–H groups in total. The van der Waals surface area contributed by atoms with Gasteiger partial charge in [0, 0.05) is 13.1 Å². The number of nitrogens with zero attached hydrogens (tertiary/aromatic N) is 1. The van der Waals surface area contributed by atoms with E-state index in [2.05, 4.69) is 13.2 Å². The van der Waals surface area contributed by atoms with Crippen LogP contribution in [0.15, 0.2) is 55.6 Å². The molecule has 1 atom stereocenters. The highest BCUT2D eigenvalue weighted by Crippen LogP contribution is 2.20. The van der Waals surface area contributed by atoms with Crippen LogP contribution in [0.5, 0.6) is 0 Å². The minimum absolute atomic E-state index is 0.234. The average molecular weight is 287 g/mol. The van der Waals surface area contributed by atoms with Crippen LogP contribution in [0.1, 0.15) is 18.4 Å². The Hall–Kier alpha value is -2.36. The molecule has 1 rings (SSSR count). The van der Waals surface area contributed by atoms with Gasteiger partial charge in [0.05, 0.1) is 6.61 Å². The lowest BCUT2D eigenvalue weighted by molar-refractivity contribution is -0.151. The summed E-state index contributed by atoms with van der Waals surface area (Å²) < 4.78 is 5.05. The molecule has 0 saturated carbocycles. The molecule has 0 aliphatic heterocycles. The van der Waals surface area contributed by atoms with Crippen molar-refractivity contribution in [3.8, 4) is 0 Å². The van der Waals surface area contributed by atoms with Gasteiger partial charge in [0.25, 0.3) is 0 Å². The zero-order valence-electron chi connectivity index (χ0n) is 12.3. The minimum atomic E-state index is -0.953. The van der Waals surface area contributed by atoms with Crippen LogP contribution >= 0.6 is 0 Å². The predicted molar refractivity (Wildman–Crippen MR) is 82.8 cm³/mol. The first-order chi connectivity index (χ1) is 10.2. The van der Waals surface area contributed by atoms with E-state index >= 15 is 0 Å². The highest BCUT2D eigenvalue weighted by molar-refractivity contribution is 6.03. The number of hydrogen-bond donors (Lipinski definition) is 0. The summed E-state index contributed by atoms with van der Waals surface area (Å²) in [5.41, 5.74) is 0.624. The molecule has 1 unspecified atom stereocenters. The zero-order valence-corrected chi connectivity index (χ0v) is 12.3. The lowest BCUT2D eigenvalue weighted by Gasteiger charge is -2.24. The first-order valence-electron chi connectivity index (χ1n) is 6.87. The average Bonchev–Trinajstić information content (AvgIpc) is 2.48. The van der Waals surface area contributed by atoms with Crippen LogP contribution in [-0.2, 0) is 14.3 Å². The Morgan fingerprint density at radius 2 is 1.76 bits per heavy atom. The second-order valence-corrected chi connectivity index (χ2v) is 4.42. The Morgan fingerprint density at radius 3 is 2.24 bits per heavy atom. The van der Waals surface area contributed by atoms with Gasteiger partial charge >= 0.3 is 5.97 Å². The Kier molecular flexibility index (Phi) is 6.95. The molecule has 0 radical (unpaired) electrons. The smallest absolute Gasteiger partial charge is 0.323 e.